The number of halogens is 1. The van der Waals surface area contributed by atoms with E-state index in [9.17, 15) is 5.11 Å². The lowest BCUT2D eigenvalue weighted by atomic mass is 10.2. The van der Waals surface area contributed by atoms with Crippen molar-refractivity contribution in [3.63, 3.8) is 0 Å². The van der Waals surface area contributed by atoms with Crippen molar-refractivity contribution < 1.29 is 5.11 Å². The Labute approximate surface area is 74.6 Å². The number of thiophene rings is 1. The van der Waals surface area contributed by atoms with Crippen LogP contribution in [0.2, 0.25) is 5.02 Å². The second kappa shape index (κ2) is 3.54. The zero-order valence-corrected chi connectivity index (χ0v) is 7.75. The predicted molar refractivity (Wildman–Crippen MR) is 48.1 cm³/mol. The zero-order valence-electron chi connectivity index (χ0n) is 6.17. The van der Waals surface area contributed by atoms with E-state index in [1.807, 2.05) is 12.3 Å². The molecule has 2 nitrogen and oxygen atoms in total. The molecular weight excluding hydrogens is 182 g/mol. The number of aliphatic hydroxyl groups is 1. The molecule has 11 heavy (non-hydrogen) atoms. The molecular formula is C7H10ClNOS. The first-order valence-corrected chi connectivity index (χ1v) is 4.54. The summed E-state index contributed by atoms with van der Waals surface area (Å²) in [4.78, 5) is 0.770. The van der Waals surface area contributed by atoms with Crippen LogP contribution in [0.1, 0.15) is 16.5 Å². The van der Waals surface area contributed by atoms with Crippen LogP contribution in [-0.4, -0.2) is 11.7 Å². The third kappa shape index (κ3) is 1.73. The van der Waals surface area contributed by atoms with E-state index in [2.05, 4.69) is 0 Å². The molecule has 1 rings (SSSR count). The minimum atomic E-state index is -0.610. The summed E-state index contributed by atoms with van der Waals surface area (Å²) in [7, 11) is 0. The molecule has 3 N–H and O–H groups in total. The zero-order chi connectivity index (χ0) is 8.43. The average Bonchev–Trinajstić information content (AvgIpc) is 2.32. The normalized spacial score (nSPS) is 13.5. The van der Waals surface area contributed by atoms with Gasteiger partial charge in [0.25, 0.3) is 0 Å². The van der Waals surface area contributed by atoms with Crippen molar-refractivity contribution >= 4 is 22.9 Å². The number of rotatable bonds is 2. The predicted octanol–water partition coefficient (Wildman–Crippen LogP) is 1.70. The Morgan fingerprint density at radius 2 is 2.45 bits per heavy atom. The lowest BCUT2D eigenvalue weighted by molar-refractivity contribution is 0.190. The third-order valence-electron chi connectivity index (χ3n) is 1.45. The van der Waals surface area contributed by atoms with Gasteiger partial charge in [-0.25, -0.2) is 0 Å². The lowest BCUT2D eigenvalue weighted by Gasteiger charge is -2.04. The molecule has 0 aliphatic rings. The van der Waals surface area contributed by atoms with Crippen molar-refractivity contribution in [2.24, 2.45) is 5.73 Å². The van der Waals surface area contributed by atoms with Crippen LogP contribution in [0.15, 0.2) is 5.38 Å². The van der Waals surface area contributed by atoms with Gasteiger partial charge >= 0.3 is 0 Å². The molecule has 0 radical (unpaired) electrons. The summed E-state index contributed by atoms with van der Waals surface area (Å²) in [5, 5.41) is 11.9. The second-order valence-electron chi connectivity index (χ2n) is 2.35. The highest BCUT2D eigenvalue weighted by molar-refractivity contribution is 7.10. The molecule has 1 heterocycles. The van der Waals surface area contributed by atoms with Crippen molar-refractivity contribution in [1.29, 1.82) is 0 Å². The van der Waals surface area contributed by atoms with Crippen molar-refractivity contribution in [3.8, 4) is 0 Å². The van der Waals surface area contributed by atoms with E-state index in [4.69, 9.17) is 17.3 Å². The van der Waals surface area contributed by atoms with Gasteiger partial charge in [0, 0.05) is 6.54 Å². The van der Waals surface area contributed by atoms with Crippen LogP contribution in [-0.2, 0) is 0 Å². The van der Waals surface area contributed by atoms with Crippen molar-refractivity contribution in [2.75, 3.05) is 6.54 Å². The van der Waals surface area contributed by atoms with Crippen LogP contribution in [0.3, 0.4) is 0 Å². The average molecular weight is 192 g/mol. The van der Waals surface area contributed by atoms with E-state index in [0.717, 1.165) is 10.4 Å². The summed E-state index contributed by atoms with van der Waals surface area (Å²) in [5.41, 5.74) is 6.28. The molecule has 0 spiro atoms. The van der Waals surface area contributed by atoms with Crippen molar-refractivity contribution in [3.05, 3.63) is 20.8 Å². The Bertz CT molecular complexity index is 249. The molecule has 0 aliphatic heterocycles. The third-order valence-corrected chi connectivity index (χ3v) is 3.27. The van der Waals surface area contributed by atoms with E-state index in [1.54, 1.807) is 0 Å². The topological polar surface area (TPSA) is 46.2 Å². The van der Waals surface area contributed by atoms with E-state index in [0.29, 0.717) is 5.02 Å². The second-order valence-corrected chi connectivity index (χ2v) is 3.64. The first-order chi connectivity index (χ1) is 5.16. The van der Waals surface area contributed by atoms with Crippen LogP contribution in [0.4, 0.5) is 0 Å². The van der Waals surface area contributed by atoms with Gasteiger partial charge in [-0.15, -0.1) is 11.3 Å². The van der Waals surface area contributed by atoms with Crippen LogP contribution in [0, 0.1) is 6.92 Å². The van der Waals surface area contributed by atoms with Gasteiger partial charge in [-0.2, -0.15) is 0 Å². The molecule has 1 aromatic rings. The Balaban J connectivity index is 2.94. The van der Waals surface area contributed by atoms with Crippen LogP contribution in [0.5, 0.6) is 0 Å². The van der Waals surface area contributed by atoms with Gasteiger partial charge in [-0.05, 0) is 17.9 Å². The maximum absolute atomic E-state index is 9.32. The fourth-order valence-electron chi connectivity index (χ4n) is 0.782. The maximum atomic E-state index is 9.32. The number of nitrogens with two attached hydrogens (primary N) is 1. The molecule has 4 heteroatoms. The molecule has 0 fully saturated rings. The van der Waals surface area contributed by atoms with Crippen molar-refractivity contribution in [2.45, 2.75) is 13.0 Å². The van der Waals surface area contributed by atoms with Gasteiger partial charge in [0.15, 0.2) is 0 Å². The highest BCUT2D eigenvalue weighted by Gasteiger charge is 2.13. The standard InChI is InChI=1S/C7H10ClNOS/c1-4-3-11-7(6(4)8)5(10)2-9/h3,5,10H,2,9H2,1H3/t5-/m0/s1. The number of hydrogen-bond acceptors (Lipinski definition) is 3. The summed E-state index contributed by atoms with van der Waals surface area (Å²) in [5.74, 6) is 0. The molecule has 0 saturated carbocycles. The van der Waals surface area contributed by atoms with E-state index in [-0.39, 0.29) is 6.54 Å². The number of aryl methyl sites for hydroxylation is 1. The maximum Gasteiger partial charge on any atom is 0.102 e. The first-order valence-electron chi connectivity index (χ1n) is 3.28. The fourth-order valence-corrected chi connectivity index (χ4v) is 2.10. The molecule has 0 saturated heterocycles. The molecule has 0 bridgehead atoms. The molecule has 0 aliphatic carbocycles. The summed E-state index contributed by atoms with van der Waals surface area (Å²) in [6.45, 7) is 2.13. The summed E-state index contributed by atoms with van der Waals surface area (Å²) < 4.78 is 0. The van der Waals surface area contributed by atoms with E-state index < -0.39 is 6.10 Å². The molecule has 0 unspecified atom stereocenters. The first kappa shape index (κ1) is 9.00. The lowest BCUT2D eigenvalue weighted by Crippen LogP contribution is -2.10. The molecule has 1 aromatic heterocycles. The summed E-state index contributed by atoms with van der Waals surface area (Å²) in [6.07, 6.45) is -0.610. The van der Waals surface area contributed by atoms with Crippen molar-refractivity contribution in [1.82, 2.24) is 0 Å². The number of aliphatic hydroxyl groups excluding tert-OH is 1. The highest BCUT2D eigenvalue weighted by Crippen LogP contribution is 2.31. The monoisotopic (exact) mass is 191 g/mol. The smallest absolute Gasteiger partial charge is 0.102 e. The van der Waals surface area contributed by atoms with Gasteiger partial charge in [-0.3, -0.25) is 0 Å². The molecule has 1 atom stereocenters. The van der Waals surface area contributed by atoms with Gasteiger partial charge < -0.3 is 10.8 Å². The van der Waals surface area contributed by atoms with E-state index in [1.165, 1.54) is 11.3 Å². The van der Waals surface area contributed by atoms with Gasteiger partial charge in [-0.1, -0.05) is 11.6 Å². The molecule has 0 aromatic carbocycles. The largest absolute Gasteiger partial charge is 0.386 e. The number of hydrogen-bond donors (Lipinski definition) is 2. The van der Waals surface area contributed by atoms with Gasteiger partial charge in [0.2, 0.25) is 0 Å². The van der Waals surface area contributed by atoms with Crippen LogP contribution in [0.25, 0.3) is 0 Å². The Morgan fingerprint density at radius 1 is 1.82 bits per heavy atom. The fraction of sp³-hybridized carbons (Fsp3) is 0.429. The Kier molecular flexibility index (Phi) is 2.90. The van der Waals surface area contributed by atoms with Gasteiger partial charge in [0.1, 0.15) is 6.10 Å². The minimum absolute atomic E-state index is 0.222. The van der Waals surface area contributed by atoms with Gasteiger partial charge in [0.05, 0.1) is 9.90 Å². The Hall–Kier alpha value is -0.0900. The SMILES string of the molecule is Cc1csc([C@@H](O)CN)c1Cl. The summed E-state index contributed by atoms with van der Waals surface area (Å²) >= 11 is 7.32. The van der Waals surface area contributed by atoms with Crippen LogP contribution < -0.4 is 5.73 Å². The summed E-state index contributed by atoms with van der Waals surface area (Å²) in [6, 6.07) is 0. The van der Waals surface area contributed by atoms with Crippen LogP contribution >= 0.6 is 22.9 Å². The quantitative estimate of drug-likeness (QED) is 0.748. The molecule has 62 valence electrons. The highest BCUT2D eigenvalue weighted by atomic mass is 35.5. The van der Waals surface area contributed by atoms with E-state index >= 15 is 0 Å². The molecule has 0 amide bonds. The minimum Gasteiger partial charge on any atom is -0.386 e. The Morgan fingerprint density at radius 3 is 2.82 bits per heavy atom.